The molecule has 0 spiro atoms. The number of methoxy groups -OCH3 is 1. The first-order valence-electron chi connectivity index (χ1n) is 11.5. The molecule has 2 aromatic heterocycles. The number of esters is 2. The highest BCUT2D eigenvalue weighted by atomic mass is 16.5. The lowest BCUT2D eigenvalue weighted by Gasteiger charge is -2.10. The summed E-state index contributed by atoms with van der Waals surface area (Å²) in [7, 11) is 1.64. The molecule has 1 aromatic carbocycles. The Morgan fingerprint density at radius 2 is 1.66 bits per heavy atom. The largest absolute Gasteiger partial charge is 0.497 e. The van der Waals surface area contributed by atoms with Crippen molar-refractivity contribution in [3.8, 4) is 5.75 Å². The molecule has 0 bridgehead atoms. The molecule has 3 aromatic rings. The zero-order chi connectivity index (χ0) is 25.7. The number of aromatic nitrogens is 2. The van der Waals surface area contributed by atoms with E-state index in [1.54, 1.807) is 27.9 Å². The Labute approximate surface area is 205 Å². The van der Waals surface area contributed by atoms with Crippen molar-refractivity contribution in [3.63, 3.8) is 0 Å². The number of hydrogen-bond donors (Lipinski definition) is 1. The van der Waals surface area contributed by atoms with Crippen LogP contribution in [0.15, 0.2) is 30.3 Å². The smallest absolute Gasteiger partial charge is 0.355 e. The van der Waals surface area contributed by atoms with E-state index in [-0.39, 0.29) is 18.1 Å². The number of aryl methyl sites for hydroxylation is 3. The van der Waals surface area contributed by atoms with Crippen LogP contribution in [0.1, 0.15) is 66.3 Å². The molecule has 0 radical (unpaired) electrons. The van der Waals surface area contributed by atoms with Gasteiger partial charge in [0, 0.05) is 29.2 Å². The van der Waals surface area contributed by atoms with Crippen LogP contribution in [0.25, 0.3) is 0 Å². The molecule has 1 N–H and O–H groups in total. The lowest BCUT2D eigenvalue weighted by atomic mass is 10.1. The molecule has 8 nitrogen and oxygen atoms in total. The van der Waals surface area contributed by atoms with Crippen molar-refractivity contribution in [3.05, 3.63) is 75.4 Å². The van der Waals surface area contributed by atoms with Crippen molar-refractivity contribution >= 4 is 17.7 Å². The number of ketones is 1. The first-order valence-corrected chi connectivity index (χ1v) is 11.5. The molecule has 0 amide bonds. The number of benzene rings is 1. The monoisotopic (exact) mass is 480 g/mol. The number of hydrogen-bond acceptors (Lipinski definition) is 6. The maximum absolute atomic E-state index is 12.9. The fourth-order valence-electron chi connectivity index (χ4n) is 4.21. The van der Waals surface area contributed by atoms with Crippen LogP contribution in [-0.2, 0) is 22.4 Å². The number of H-pyrrole nitrogens is 1. The standard InChI is InChI=1S/C27H32N2O6/c1-7-34-26(31)24-17(3)25(28-18(24)4)27(32)35-15-23(30)22-14-16(2)29(19(22)5)13-12-20-8-10-21(33-6)11-9-20/h8-11,14,28H,7,12-13,15H2,1-6H3. The fraction of sp³-hybridized carbons (Fsp3) is 0.370. The average molecular weight is 481 g/mol. The van der Waals surface area contributed by atoms with Crippen LogP contribution in [0.3, 0.4) is 0 Å². The van der Waals surface area contributed by atoms with Gasteiger partial charge < -0.3 is 23.8 Å². The Balaban J connectivity index is 1.66. The SMILES string of the molecule is CCOC(=O)c1c(C)[nH]c(C(=O)OCC(=O)c2cc(C)n(CCc3ccc(OC)cc3)c2C)c1C. The molecule has 8 heteroatoms. The van der Waals surface area contributed by atoms with Crippen molar-refractivity contribution in [2.75, 3.05) is 20.3 Å². The summed E-state index contributed by atoms with van der Waals surface area (Å²) < 4.78 is 17.6. The summed E-state index contributed by atoms with van der Waals surface area (Å²) in [5, 5.41) is 0. The molecule has 2 heterocycles. The van der Waals surface area contributed by atoms with Gasteiger partial charge in [-0.15, -0.1) is 0 Å². The molecule has 35 heavy (non-hydrogen) atoms. The lowest BCUT2D eigenvalue weighted by Crippen LogP contribution is -2.16. The molecule has 0 saturated heterocycles. The van der Waals surface area contributed by atoms with Crippen LogP contribution in [-0.4, -0.2) is 47.6 Å². The quantitative estimate of drug-likeness (QED) is 0.338. The van der Waals surface area contributed by atoms with Gasteiger partial charge in [-0.1, -0.05) is 12.1 Å². The van der Waals surface area contributed by atoms with Gasteiger partial charge in [0.05, 0.1) is 19.3 Å². The molecule has 0 aliphatic heterocycles. The third-order valence-corrected chi connectivity index (χ3v) is 6.11. The van der Waals surface area contributed by atoms with E-state index in [1.807, 2.05) is 44.2 Å². The second kappa shape index (κ2) is 11.1. The van der Waals surface area contributed by atoms with Gasteiger partial charge in [0.15, 0.2) is 6.61 Å². The molecule has 0 unspecified atom stereocenters. The minimum atomic E-state index is -0.692. The van der Waals surface area contributed by atoms with Crippen LogP contribution < -0.4 is 4.74 Å². The summed E-state index contributed by atoms with van der Waals surface area (Å²) in [6, 6.07) is 9.73. The predicted molar refractivity (Wildman–Crippen MR) is 131 cm³/mol. The van der Waals surface area contributed by atoms with E-state index in [2.05, 4.69) is 9.55 Å². The summed E-state index contributed by atoms with van der Waals surface area (Å²) in [4.78, 5) is 40.6. The summed E-state index contributed by atoms with van der Waals surface area (Å²) in [6.07, 6.45) is 0.803. The van der Waals surface area contributed by atoms with Crippen LogP contribution in [0.2, 0.25) is 0 Å². The van der Waals surface area contributed by atoms with E-state index in [1.165, 1.54) is 5.56 Å². The second-order valence-electron chi connectivity index (χ2n) is 8.38. The van der Waals surface area contributed by atoms with Crippen molar-refractivity contribution in [2.24, 2.45) is 0 Å². The maximum Gasteiger partial charge on any atom is 0.355 e. The topological polar surface area (TPSA) is 99.6 Å². The molecule has 0 atom stereocenters. The lowest BCUT2D eigenvalue weighted by molar-refractivity contribution is 0.0468. The Morgan fingerprint density at radius 3 is 2.29 bits per heavy atom. The van der Waals surface area contributed by atoms with Gasteiger partial charge in [0.25, 0.3) is 0 Å². The summed E-state index contributed by atoms with van der Waals surface area (Å²) in [6.45, 7) is 9.43. The van der Waals surface area contributed by atoms with Gasteiger partial charge in [-0.2, -0.15) is 0 Å². The molecule has 186 valence electrons. The van der Waals surface area contributed by atoms with E-state index >= 15 is 0 Å². The normalized spacial score (nSPS) is 10.8. The van der Waals surface area contributed by atoms with Gasteiger partial charge in [-0.25, -0.2) is 9.59 Å². The van der Waals surface area contributed by atoms with Gasteiger partial charge in [-0.05, 0) is 70.4 Å². The summed E-state index contributed by atoms with van der Waals surface area (Å²) >= 11 is 0. The first kappa shape index (κ1) is 25.8. The van der Waals surface area contributed by atoms with Crippen LogP contribution >= 0.6 is 0 Å². The zero-order valence-electron chi connectivity index (χ0n) is 21.1. The second-order valence-corrected chi connectivity index (χ2v) is 8.38. The average Bonchev–Trinajstić information content (AvgIpc) is 3.30. The zero-order valence-corrected chi connectivity index (χ0v) is 21.1. The van der Waals surface area contributed by atoms with Gasteiger partial charge in [0.2, 0.25) is 5.78 Å². The van der Waals surface area contributed by atoms with Crippen LogP contribution in [0.5, 0.6) is 5.75 Å². The number of rotatable bonds is 10. The van der Waals surface area contributed by atoms with E-state index in [9.17, 15) is 14.4 Å². The maximum atomic E-state index is 12.9. The third-order valence-electron chi connectivity index (χ3n) is 6.11. The first-order chi connectivity index (χ1) is 16.7. The number of nitrogens with zero attached hydrogens (tertiary/aromatic N) is 1. The Hall–Kier alpha value is -3.81. The summed E-state index contributed by atoms with van der Waals surface area (Å²) in [5.41, 5.74) is 4.88. The highest BCUT2D eigenvalue weighted by Gasteiger charge is 2.25. The molecule has 0 saturated carbocycles. The number of nitrogens with one attached hydrogen (secondary N) is 1. The number of ether oxygens (including phenoxy) is 3. The van der Waals surface area contributed by atoms with Crippen LogP contribution in [0, 0.1) is 27.7 Å². The highest BCUT2D eigenvalue weighted by Crippen LogP contribution is 2.21. The minimum Gasteiger partial charge on any atom is -0.497 e. The third kappa shape index (κ3) is 5.65. The number of Topliss-reactive ketones (excluding diaryl/α,β-unsaturated/α-hetero) is 1. The van der Waals surface area contributed by atoms with Crippen molar-refractivity contribution in [2.45, 2.75) is 47.6 Å². The van der Waals surface area contributed by atoms with Crippen molar-refractivity contribution in [1.82, 2.24) is 9.55 Å². The van der Waals surface area contributed by atoms with E-state index < -0.39 is 18.5 Å². The fourth-order valence-corrected chi connectivity index (χ4v) is 4.21. The number of carbonyl (C=O) groups is 3. The molecule has 0 aliphatic rings. The number of carbonyl (C=O) groups excluding carboxylic acids is 3. The summed E-state index contributed by atoms with van der Waals surface area (Å²) in [5.74, 6) is -0.668. The van der Waals surface area contributed by atoms with Gasteiger partial charge in [-0.3, -0.25) is 4.79 Å². The van der Waals surface area contributed by atoms with Crippen LogP contribution in [0.4, 0.5) is 0 Å². The van der Waals surface area contributed by atoms with Crippen molar-refractivity contribution < 1.29 is 28.6 Å². The Morgan fingerprint density at radius 1 is 0.971 bits per heavy atom. The number of aromatic amines is 1. The molecular formula is C27H32N2O6. The molecule has 3 rings (SSSR count). The molecular weight excluding hydrogens is 448 g/mol. The van der Waals surface area contributed by atoms with E-state index in [0.29, 0.717) is 28.9 Å². The predicted octanol–water partition coefficient (Wildman–Crippen LogP) is 4.52. The minimum absolute atomic E-state index is 0.142. The molecule has 0 fully saturated rings. The molecule has 0 aliphatic carbocycles. The van der Waals surface area contributed by atoms with E-state index in [4.69, 9.17) is 14.2 Å². The van der Waals surface area contributed by atoms with Crippen molar-refractivity contribution in [1.29, 1.82) is 0 Å². The Kier molecular flexibility index (Phi) is 8.17. The van der Waals surface area contributed by atoms with Gasteiger partial charge in [0.1, 0.15) is 11.4 Å². The Bertz CT molecular complexity index is 1230. The van der Waals surface area contributed by atoms with E-state index in [0.717, 1.165) is 23.6 Å². The van der Waals surface area contributed by atoms with Gasteiger partial charge >= 0.3 is 11.9 Å². The highest BCUT2D eigenvalue weighted by molar-refractivity contribution is 6.02.